The van der Waals surface area contributed by atoms with E-state index >= 15 is 0 Å². The van der Waals surface area contributed by atoms with E-state index < -0.39 is 11.2 Å². The molecule has 0 bridgehead atoms. The predicted molar refractivity (Wildman–Crippen MR) is 111 cm³/mol. The normalized spacial score (nSPS) is 24.2. The molecule has 0 saturated carbocycles. The fourth-order valence-corrected chi connectivity index (χ4v) is 7.36. The van der Waals surface area contributed by atoms with Crippen LogP contribution in [0.4, 0.5) is 5.69 Å². The number of nitrogens with one attached hydrogen (secondary N) is 1. The van der Waals surface area contributed by atoms with Gasteiger partial charge in [0, 0.05) is 20.1 Å². The van der Waals surface area contributed by atoms with Crippen LogP contribution in [0.25, 0.3) is 0 Å². The van der Waals surface area contributed by atoms with E-state index in [1.165, 1.54) is 16.7 Å². The van der Waals surface area contributed by atoms with Crippen molar-refractivity contribution in [3.63, 3.8) is 0 Å². The number of aromatic amines is 1. The first kappa shape index (κ1) is 17.4. The van der Waals surface area contributed by atoms with Crippen molar-refractivity contribution in [1.29, 1.82) is 0 Å². The fourth-order valence-electron chi connectivity index (χ4n) is 3.64. The Bertz CT molecular complexity index is 1100. The molecule has 2 aliphatic heterocycles. The Morgan fingerprint density at radius 2 is 1.81 bits per heavy atom. The van der Waals surface area contributed by atoms with E-state index in [9.17, 15) is 14.4 Å². The molecule has 27 heavy (non-hydrogen) atoms. The first-order chi connectivity index (χ1) is 13.0. The number of aromatic nitrogens is 1. The number of rotatable bonds is 2. The van der Waals surface area contributed by atoms with Crippen molar-refractivity contribution >= 4 is 67.9 Å². The van der Waals surface area contributed by atoms with Crippen LogP contribution in [0.2, 0.25) is 0 Å². The van der Waals surface area contributed by atoms with Crippen molar-refractivity contribution in [2.75, 3.05) is 4.90 Å². The summed E-state index contributed by atoms with van der Waals surface area (Å²) in [7, 11) is 0. The van der Waals surface area contributed by atoms with Crippen LogP contribution < -0.4 is 9.77 Å². The van der Waals surface area contributed by atoms with Gasteiger partial charge in [0.2, 0.25) is 11.8 Å². The summed E-state index contributed by atoms with van der Waals surface area (Å²) in [5.74, 6) is -1.21. The SMILES string of the molecule is O=C1C2Sc3[nH]c(=O)sc3C(c3cccs3)C2C(=O)N1c1ccc(Br)cc1. The first-order valence-corrected chi connectivity index (χ1v) is 11.5. The number of hydrogen-bond acceptors (Lipinski definition) is 6. The zero-order valence-corrected chi connectivity index (χ0v) is 17.6. The maximum Gasteiger partial charge on any atom is 0.305 e. The quantitative estimate of drug-likeness (QED) is 0.563. The molecule has 0 radical (unpaired) electrons. The van der Waals surface area contributed by atoms with Gasteiger partial charge in [-0.2, -0.15) is 0 Å². The van der Waals surface area contributed by atoms with Gasteiger partial charge in [0.05, 0.1) is 16.6 Å². The minimum atomic E-state index is -0.536. The van der Waals surface area contributed by atoms with Gasteiger partial charge >= 0.3 is 4.87 Å². The Balaban J connectivity index is 1.64. The zero-order chi connectivity index (χ0) is 18.7. The second-order valence-electron chi connectivity index (χ2n) is 6.25. The summed E-state index contributed by atoms with van der Waals surface area (Å²) in [6.45, 7) is 0. The van der Waals surface area contributed by atoms with Gasteiger partial charge in [0.15, 0.2) is 0 Å². The van der Waals surface area contributed by atoms with E-state index in [0.29, 0.717) is 10.7 Å². The fraction of sp³-hybridized carbons (Fsp3) is 0.167. The summed E-state index contributed by atoms with van der Waals surface area (Å²) in [5.41, 5.74) is 0.574. The number of H-pyrrole nitrogens is 1. The van der Waals surface area contributed by atoms with Gasteiger partial charge in [0.25, 0.3) is 0 Å². The Labute approximate surface area is 174 Å². The van der Waals surface area contributed by atoms with Crippen molar-refractivity contribution in [3.8, 4) is 0 Å². The Morgan fingerprint density at radius 3 is 2.52 bits per heavy atom. The molecule has 5 nitrogen and oxygen atoms in total. The standard InChI is InChI=1S/C18H11BrN2O3S3/c19-8-3-5-9(6-4-8)21-16(22)12-11(10-2-1-7-25-10)13-15(20-18(24)27-13)26-14(12)17(21)23/h1-7,11-12,14H,(H,20,24). The third-order valence-corrected chi connectivity index (χ3v) is 8.64. The van der Waals surface area contributed by atoms with Gasteiger partial charge < -0.3 is 4.98 Å². The topological polar surface area (TPSA) is 70.2 Å². The lowest BCUT2D eigenvalue weighted by atomic mass is 9.87. The number of anilines is 1. The number of amides is 2. The second kappa shape index (κ2) is 6.44. The van der Waals surface area contributed by atoms with Gasteiger partial charge in [-0.15, -0.1) is 11.3 Å². The summed E-state index contributed by atoms with van der Waals surface area (Å²) in [5, 5.41) is 2.13. The van der Waals surface area contributed by atoms with E-state index in [-0.39, 0.29) is 22.6 Å². The molecule has 0 spiro atoms. The maximum atomic E-state index is 13.4. The molecule has 3 unspecified atom stereocenters. The highest BCUT2D eigenvalue weighted by Gasteiger charge is 2.56. The monoisotopic (exact) mass is 478 g/mol. The molecule has 0 aliphatic carbocycles. The van der Waals surface area contributed by atoms with Gasteiger partial charge in [-0.3, -0.25) is 14.4 Å². The lowest BCUT2D eigenvalue weighted by molar-refractivity contribution is -0.122. The number of halogens is 1. The van der Waals surface area contributed by atoms with Gasteiger partial charge in [-0.1, -0.05) is 45.1 Å². The van der Waals surface area contributed by atoms with E-state index in [1.807, 2.05) is 29.6 Å². The van der Waals surface area contributed by atoms with E-state index in [0.717, 1.165) is 25.6 Å². The Morgan fingerprint density at radius 1 is 1.04 bits per heavy atom. The van der Waals surface area contributed by atoms with Crippen molar-refractivity contribution < 1.29 is 9.59 Å². The minimum absolute atomic E-state index is 0.154. The highest BCUT2D eigenvalue weighted by atomic mass is 79.9. The number of carbonyl (C=O) groups is 2. The van der Waals surface area contributed by atoms with Crippen LogP contribution in [-0.2, 0) is 9.59 Å². The third-order valence-electron chi connectivity index (χ3n) is 4.76. The van der Waals surface area contributed by atoms with Gasteiger partial charge in [-0.25, -0.2) is 4.90 Å². The van der Waals surface area contributed by atoms with E-state index in [2.05, 4.69) is 20.9 Å². The van der Waals surface area contributed by atoms with Crippen molar-refractivity contribution in [2.45, 2.75) is 16.2 Å². The Hall–Kier alpha value is -1.68. The molecule has 2 amide bonds. The first-order valence-electron chi connectivity index (χ1n) is 8.11. The largest absolute Gasteiger partial charge is 0.307 e. The molecule has 2 aliphatic rings. The van der Waals surface area contributed by atoms with Crippen molar-refractivity contribution in [3.05, 3.63) is 65.7 Å². The number of fused-ring (bicyclic) bond motifs is 2. The average molecular weight is 479 g/mol. The molecule has 136 valence electrons. The molecule has 1 saturated heterocycles. The van der Waals surface area contributed by atoms with Crippen LogP contribution in [0.3, 0.4) is 0 Å². The van der Waals surface area contributed by atoms with Crippen molar-refractivity contribution in [1.82, 2.24) is 4.98 Å². The summed E-state index contributed by atoms with van der Waals surface area (Å²) in [4.78, 5) is 44.3. The van der Waals surface area contributed by atoms with E-state index in [1.54, 1.807) is 23.5 Å². The molecule has 9 heteroatoms. The number of hydrogen-bond donors (Lipinski definition) is 1. The zero-order valence-electron chi connectivity index (χ0n) is 13.5. The third kappa shape index (κ3) is 2.67. The molecular formula is C18H11BrN2O3S3. The number of thiophene rings is 1. The van der Waals surface area contributed by atoms with Crippen LogP contribution in [0.15, 0.2) is 56.1 Å². The molecular weight excluding hydrogens is 468 g/mol. The van der Waals surface area contributed by atoms with Crippen LogP contribution in [0.5, 0.6) is 0 Å². The van der Waals surface area contributed by atoms with Crippen LogP contribution in [0, 0.1) is 5.92 Å². The number of benzene rings is 1. The number of imide groups is 1. The number of nitrogens with zero attached hydrogens (tertiary/aromatic N) is 1. The number of thiazole rings is 1. The van der Waals surface area contributed by atoms with Crippen LogP contribution in [0.1, 0.15) is 15.7 Å². The summed E-state index contributed by atoms with van der Waals surface area (Å²) in [6, 6.07) is 11.1. The molecule has 3 aromatic rings. The molecule has 1 aromatic carbocycles. The summed E-state index contributed by atoms with van der Waals surface area (Å²) < 4.78 is 0.883. The van der Waals surface area contributed by atoms with Crippen molar-refractivity contribution in [2.24, 2.45) is 5.92 Å². The van der Waals surface area contributed by atoms with Gasteiger partial charge in [-0.05, 0) is 35.7 Å². The van der Waals surface area contributed by atoms with Crippen LogP contribution >= 0.6 is 50.4 Å². The average Bonchev–Trinajstić information content (AvgIpc) is 3.34. The molecule has 3 atom stereocenters. The maximum absolute atomic E-state index is 13.4. The molecule has 1 N–H and O–H groups in total. The minimum Gasteiger partial charge on any atom is -0.307 e. The summed E-state index contributed by atoms with van der Waals surface area (Å²) >= 11 is 7.36. The van der Waals surface area contributed by atoms with E-state index in [4.69, 9.17) is 0 Å². The smallest absolute Gasteiger partial charge is 0.305 e. The highest BCUT2D eigenvalue weighted by Crippen LogP contribution is 2.53. The predicted octanol–water partition coefficient (Wildman–Crippen LogP) is 4.06. The second-order valence-corrected chi connectivity index (χ2v) is 10.3. The highest BCUT2D eigenvalue weighted by molar-refractivity contribution is 9.10. The molecule has 4 heterocycles. The molecule has 5 rings (SSSR count). The molecule has 2 aromatic heterocycles. The number of carbonyl (C=O) groups excluding carboxylic acids is 2. The Kier molecular flexibility index (Phi) is 4.15. The van der Waals surface area contributed by atoms with Gasteiger partial charge in [0.1, 0.15) is 5.25 Å². The lowest BCUT2D eigenvalue weighted by Crippen LogP contribution is -2.32. The summed E-state index contributed by atoms with van der Waals surface area (Å²) in [6.07, 6.45) is 0. The molecule has 1 fully saturated rings. The lowest BCUT2D eigenvalue weighted by Gasteiger charge is -2.28. The number of thioether (sulfide) groups is 1. The van der Waals surface area contributed by atoms with Crippen LogP contribution in [-0.4, -0.2) is 22.0 Å².